The lowest BCUT2D eigenvalue weighted by molar-refractivity contribution is -0.0695. The lowest BCUT2D eigenvalue weighted by Gasteiger charge is -2.41. The van der Waals surface area contributed by atoms with Crippen molar-refractivity contribution in [3.63, 3.8) is 0 Å². The van der Waals surface area contributed by atoms with Crippen molar-refractivity contribution in [2.24, 2.45) is 0 Å². The molecule has 1 saturated carbocycles. The average molecular weight is 338 g/mol. The molecule has 23 heavy (non-hydrogen) atoms. The summed E-state index contributed by atoms with van der Waals surface area (Å²) in [5.41, 5.74) is 1.30. The molecule has 3 nitrogen and oxygen atoms in total. The highest BCUT2D eigenvalue weighted by molar-refractivity contribution is 6.32. The number of β-amino-alcohol motifs (C(OH)–C–C–N with tert-alkyl or cyclic N) is 1. The van der Waals surface area contributed by atoms with E-state index < -0.39 is 5.60 Å². The van der Waals surface area contributed by atoms with Gasteiger partial charge in [0.1, 0.15) is 18.0 Å². The van der Waals surface area contributed by atoms with Crippen LogP contribution in [0.1, 0.15) is 49.7 Å². The fraction of sp³-hybridized carbons (Fsp3) is 0.684. The van der Waals surface area contributed by atoms with Gasteiger partial charge in [-0.1, -0.05) is 24.4 Å². The molecule has 1 aliphatic carbocycles. The van der Waals surface area contributed by atoms with Crippen molar-refractivity contribution in [3.05, 3.63) is 28.3 Å². The Bertz CT molecular complexity index is 533. The molecule has 0 aromatic heterocycles. The minimum atomic E-state index is -0.734. The first kappa shape index (κ1) is 17.1. The molecule has 2 aliphatic rings. The van der Waals surface area contributed by atoms with Gasteiger partial charge in [0.05, 0.1) is 0 Å². The smallest absolute Gasteiger partial charge is 0.120 e. The number of aryl methyl sites for hydroxylation is 2. The molecule has 0 spiro atoms. The van der Waals surface area contributed by atoms with Gasteiger partial charge in [0.2, 0.25) is 0 Å². The molecule has 1 atom stereocenters. The zero-order valence-corrected chi connectivity index (χ0v) is 15.0. The standard InChI is InChI=1S/C19H28ClNO2/c1-14-10-17(11-15(2)18(14)20)23-13-19(22)8-5-9-21(12-19)16-6-3-4-7-16/h10-11,16,22H,3-9,12-13H2,1-2H3. The second-order valence-electron chi connectivity index (χ2n) is 7.40. The number of hydrogen-bond acceptors (Lipinski definition) is 3. The topological polar surface area (TPSA) is 32.7 Å². The molecule has 0 bridgehead atoms. The van der Waals surface area contributed by atoms with Crippen molar-refractivity contribution >= 4 is 11.6 Å². The van der Waals surface area contributed by atoms with Crippen LogP contribution in [-0.4, -0.2) is 41.3 Å². The third-order valence-corrected chi connectivity index (χ3v) is 5.94. The van der Waals surface area contributed by atoms with Crippen molar-refractivity contribution in [3.8, 4) is 5.75 Å². The van der Waals surface area contributed by atoms with E-state index in [1.807, 2.05) is 26.0 Å². The van der Waals surface area contributed by atoms with Gasteiger partial charge in [-0.25, -0.2) is 0 Å². The number of halogens is 1. The second-order valence-corrected chi connectivity index (χ2v) is 7.77. The molecule has 1 aromatic rings. The molecule has 1 aliphatic heterocycles. The number of likely N-dealkylation sites (tertiary alicyclic amines) is 1. The SMILES string of the molecule is Cc1cc(OCC2(O)CCCN(C3CCCC3)C2)cc(C)c1Cl. The number of benzene rings is 1. The van der Waals surface area contributed by atoms with Crippen LogP contribution in [0.2, 0.25) is 5.02 Å². The third kappa shape index (κ3) is 4.01. The number of rotatable bonds is 4. The highest BCUT2D eigenvalue weighted by atomic mass is 35.5. The summed E-state index contributed by atoms with van der Waals surface area (Å²) in [6.07, 6.45) is 7.11. The summed E-state index contributed by atoms with van der Waals surface area (Å²) in [7, 11) is 0. The van der Waals surface area contributed by atoms with Crippen molar-refractivity contribution in [1.29, 1.82) is 0 Å². The predicted octanol–water partition coefficient (Wildman–Crippen LogP) is 4.11. The summed E-state index contributed by atoms with van der Waals surface area (Å²) >= 11 is 6.21. The Morgan fingerprint density at radius 3 is 2.52 bits per heavy atom. The highest BCUT2D eigenvalue weighted by Crippen LogP contribution is 2.31. The largest absolute Gasteiger partial charge is 0.491 e. The number of ether oxygens (including phenoxy) is 1. The first-order valence-corrected chi connectivity index (χ1v) is 9.21. The minimum absolute atomic E-state index is 0.358. The molecule has 0 amide bonds. The molecule has 0 radical (unpaired) electrons. The monoisotopic (exact) mass is 337 g/mol. The second kappa shape index (κ2) is 7.00. The Balaban J connectivity index is 1.62. The Hall–Kier alpha value is -0.770. The Labute approximate surface area is 144 Å². The van der Waals surface area contributed by atoms with Gasteiger partial charge >= 0.3 is 0 Å². The number of aliphatic hydroxyl groups is 1. The predicted molar refractivity (Wildman–Crippen MR) is 94.4 cm³/mol. The van der Waals surface area contributed by atoms with Crippen molar-refractivity contribution in [2.75, 3.05) is 19.7 Å². The van der Waals surface area contributed by atoms with Gasteiger partial charge in [0, 0.05) is 17.6 Å². The van der Waals surface area contributed by atoms with Gasteiger partial charge in [-0.2, -0.15) is 0 Å². The number of piperidine rings is 1. The zero-order chi connectivity index (χ0) is 16.4. The maximum absolute atomic E-state index is 11.0. The normalized spacial score (nSPS) is 26.6. The van der Waals surface area contributed by atoms with Gasteiger partial charge in [0.15, 0.2) is 0 Å². The van der Waals surface area contributed by atoms with E-state index in [4.69, 9.17) is 16.3 Å². The summed E-state index contributed by atoms with van der Waals surface area (Å²) in [6, 6.07) is 4.58. The van der Waals surface area contributed by atoms with Crippen LogP contribution in [0, 0.1) is 13.8 Å². The van der Waals surface area contributed by atoms with Gasteiger partial charge < -0.3 is 9.84 Å². The molecular weight excluding hydrogens is 310 g/mol. The summed E-state index contributed by atoms with van der Waals surface area (Å²) in [5, 5.41) is 11.8. The number of hydrogen-bond donors (Lipinski definition) is 1. The fourth-order valence-corrected chi connectivity index (χ4v) is 4.16. The molecule has 128 valence electrons. The van der Waals surface area contributed by atoms with E-state index in [0.29, 0.717) is 12.6 Å². The van der Waals surface area contributed by atoms with E-state index in [9.17, 15) is 5.11 Å². The van der Waals surface area contributed by atoms with Gasteiger partial charge in [-0.05, 0) is 69.3 Å². The lowest BCUT2D eigenvalue weighted by atomic mass is 9.92. The average Bonchev–Trinajstić information content (AvgIpc) is 3.05. The van der Waals surface area contributed by atoms with Crippen LogP contribution in [0.4, 0.5) is 0 Å². The lowest BCUT2D eigenvalue weighted by Crippen LogP contribution is -2.54. The molecule has 3 rings (SSSR count). The fourth-order valence-electron chi connectivity index (χ4n) is 4.05. The van der Waals surface area contributed by atoms with Crippen LogP contribution in [0.5, 0.6) is 5.75 Å². The van der Waals surface area contributed by atoms with Crippen molar-refractivity contribution in [1.82, 2.24) is 4.90 Å². The van der Waals surface area contributed by atoms with E-state index in [-0.39, 0.29) is 0 Å². The highest BCUT2D eigenvalue weighted by Gasteiger charge is 2.37. The van der Waals surface area contributed by atoms with E-state index in [1.54, 1.807) is 0 Å². The molecule has 1 aromatic carbocycles. The molecule has 1 N–H and O–H groups in total. The van der Waals surface area contributed by atoms with E-state index in [1.165, 1.54) is 25.7 Å². The van der Waals surface area contributed by atoms with Crippen LogP contribution in [0.25, 0.3) is 0 Å². The molecule has 2 fully saturated rings. The summed E-state index contributed by atoms with van der Waals surface area (Å²) in [6.45, 7) is 6.19. The van der Waals surface area contributed by atoms with Crippen LogP contribution >= 0.6 is 11.6 Å². The molecular formula is C19H28ClNO2. The maximum Gasteiger partial charge on any atom is 0.120 e. The van der Waals surface area contributed by atoms with E-state index in [0.717, 1.165) is 47.8 Å². The first-order chi connectivity index (χ1) is 11.0. The summed E-state index contributed by atoms with van der Waals surface area (Å²) in [5.74, 6) is 0.802. The zero-order valence-electron chi connectivity index (χ0n) is 14.3. The van der Waals surface area contributed by atoms with E-state index in [2.05, 4.69) is 4.90 Å². The van der Waals surface area contributed by atoms with Gasteiger partial charge in [-0.15, -0.1) is 0 Å². The van der Waals surface area contributed by atoms with Crippen molar-refractivity contribution in [2.45, 2.75) is 64.0 Å². The quantitative estimate of drug-likeness (QED) is 0.897. The van der Waals surface area contributed by atoms with Crippen LogP contribution in [0.15, 0.2) is 12.1 Å². The van der Waals surface area contributed by atoms with Crippen LogP contribution in [0.3, 0.4) is 0 Å². The molecule has 4 heteroatoms. The van der Waals surface area contributed by atoms with Gasteiger partial charge in [0.25, 0.3) is 0 Å². The molecule has 1 unspecified atom stereocenters. The number of nitrogens with zero attached hydrogens (tertiary/aromatic N) is 1. The third-order valence-electron chi connectivity index (χ3n) is 5.34. The Morgan fingerprint density at radius 1 is 1.22 bits per heavy atom. The first-order valence-electron chi connectivity index (χ1n) is 8.83. The van der Waals surface area contributed by atoms with E-state index >= 15 is 0 Å². The molecule has 1 heterocycles. The van der Waals surface area contributed by atoms with Crippen molar-refractivity contribution < 1.29 is 9.84 Å². The van der Waals surface area contributed by atoms with Crippen LogP contribution in [-0.2, 0) is 0 Å². The molecule has 1 saturated heterocycles. The minimum Gasteiger partial charge on any atom is -0.491 e. The van der Waals surface area contributed by atoms with Gasteiger partial charge in [-0.3, -0.25) is 4.90 Å². The summed E-state index contributed by atoms with van der Waals surface area (Å²) in [4.78, 5) is 2.48. The summed E-state index contributed by atoms with van der Waals surface area (Å²) < 4.78 is 5.94. The maximum atomic E-state index is 11.0. The Kier molecular flexibility index (Phi) is 5.19. The Morgan fingerprint density at radius 2 is 1.87 bits per heavy atom. The van der Waals surface area contributed by atoms with Crippen LogP contribution < -0.4 is 4.74 Å².